The van der Waals surface area contributed by atoms with E-state index in [0.29, 0.717) is 24.2 Å². The fourth-order valence-corrected chi connectivity index (χ4v) is 4.41. The minimum atomic E-state index is -2.64. The number of alkyl halides is 4. The molecule has 0 spiro atoms. The van der Waals surface area contributed by atoms with Gasteiger partial charge in [-0.2, -0.15) is 0 Å². The maximum atomic E-state index is 13.7. The predicted octanol–water partition coefficient (Wildman–Crippen LogP) is 5.19. The zero-order valence-electron chi connectivity index (χ0n) is 17.4. The van der Waals surface area contributed by atoms with Crippen LogP contribution in [0.4, 0.5) is 17.6 Å². The summed E-state index contributed by atoms with van der Waals surface area (Å²) in [6, 6.07) is 3.60. The first-order chi connectivity index (χ1) is 13.3. The molecule has 29 heavy (non-hydrogen) atoms. The van der Waals surface area contributed by atoms with E-state index >= 15 is 0 Å². The molecule has 3 nitrogen and oxygen atoms in total. The smallest absolute Gasteiger partial charge is 0.399 e. The summed E-state index contributed by atoms with van der Waals surface area (Å²) in [6.45, 7) is 7.80. The average Bonchev–Trinajstić information content (AvgIpc) is 2.80. The van der Waals surface area contributed by atoms with E-state index in [4.69, 9.17) is 14.3 Å². The van der Waals surface area contributed by atoms with Crippen LogP contribution in [-0.4, -0.2) is 35.1 Å². The Morgan fingerprint density at radius 1 is 0.862 bits per heavy atom. The van der Waals surface area contributed by atoms with Crippen molar-refractivity contribution in [1.29, 1.82) is 0 Å². The van der Waals surface area contributed by atoms with Gasteiger partial charge < -0.3 is 9.31 Å². The molecule has 0 atom stereocenters. The van der Waals surface area contributed by atoms with E-state index in [9.17, 15) is 17.6 Å². The van der Waals surface area contributed by atoms with Gasteiger partial charge in [-0.1, -0.05) is 6.07 Å². The van der Waals surface area contributed by atoms with E-state index in [1.165, 1.54) is 0 Å². The number of hydrogen-bond acceptors (Lipinski definition) is 3. The van der Waals surface area contributed by atoms with Crippen LogP contribution in [0.5, 0.6) is 0 Å². The third-order valence-electron chi connectivity index (χ3n) is 7.10. The number of pyridine rings is 1. The van der Waals surface area contributed by atoms with Crippen LogP contribution in [0.25, 0.3) is 0 Å². The summed E-state index contributed by atoms with van der Waals surface area (Å²) >= 11 is 0. The van der Waals surface area contributed by atoms with Gasteiger partial charge in [0.15, 0.2) is 0 Å². The van der Waals surface area contributed by atoms with E-state index in [2.05, 4.69) is 0 Å². The minimum absolute atomic E-state index is 0.149. The highest BCUT2D eigenvalue weighted by atomic mass is 19.3. The zero-order valence-corrected chi connectivity index (χ0v) is 17.4. The Balaban J connectivity index is 1.66. The summed E-state index contributed by atoms with van der Waals surface area (Å²) in [5.41, 5.74) is 0.941. The van der Waals surface area contributed by atoms with Crippen molar-refractivity contribution >= 4 is 12.6 Å². The van der Waals surface area contributed by atoms with Crippen molar-refractivity contribution < 1.29 is 26.9 Å². The molecule has 1 aromatic heterocycles. The largest absolute Gasteiger partial charge is 0.496 e. The zero-order chi connectivity index (χ0) is 21.2. The second-order valence-electron chi connectivity index (χ2n) is 9.89. The van der Waals surface area contributed by atoms with E-state index in [1.807, 2.05) is 33.8 Å². The normalized spacial score (nSPS) is 28.3. The van der Waals surface area contributed by atoms with E-state index in [-0.39, 0.29) is 37.5 Å². The molecule has 2 aliphatic carbocycles. The summed E-state index contributed by atoms with van der Waals surface area (Å²) in [7, 11) is -0.651. The molecule has 0 bridgehead atoms. The maximum Gasteiger partial charge on any atom is 0.496 e. The van der Waals surface area contributed by atoms with Gasteiger partial charge in [0.25, 0.3) is 0 Å². The summed E-state index contributed by atoms with van der Waals surface area (Å²) in [5, 5.41) is 0. The molecule has 1 saturated heterocycles. The Labute approximate surface area is 169 Å². The Bertz CT molecular complexity index is 765. The monoisotopic (exact) mass is 413 g/mol. The molecule has 160 valence electrons. The lowest BCUT2D eigenvalue weighted by Gasteiger charge is -2.35. The molecule has 4 rings (SSSR count). The summed E-state index contributed by atoms with van der Waals surface area (Å²) in [4.78, 5) is 4.73. The molecule has 2 saturated carbocycles. The molecular weight excluding hydrogens is 385 g/mol. The van der Waals surface area contributed by atoms with E-state index in [0.717, 1.165) is 5.46 Å². The molecule has 3 fully saturated rings. The molecule has 1 aliphatic heterocycles. The first-order valence-corrected chi connectivity index (χ1v) is 10.4. The molecule has 1 aromatic rings. The van der Waals surface area contributed by atoms with Crippen LogP contribution in [0.1, 0.15) is 89.4 Å². The van der Waals surface area contributed by atoms with Gasteiger partial charge in [-0.3, -0.25) is 4.98 Å². The Kier molecular flexibility index (Phi) is 4.86. The molecule has 0 radical (unpaired) electrons. The van der Waals surface area contributed by atoms with Crippen LogP contribution in [-0.2, 0) is 9.31 Å². The number of rotatable bonds is 3. The van der Waals surface area contributed by atoms with Crippen LogP contribution in [0, 0.1) is 0 Å². The highest BCUT2D eigenvalue weighted by molar-refractivity contribution is 6.62. The quantitative estimate of drug-likeness (QED) is 0.505. The summed E-state index contributed by atoms with van der Waals surface area (Å²) in [5.74, 6) is -5.72. The highest BCUT2D eigenvalue weighted by Gasteiger charge is 2.53. The van der Waals surface area contributed by atoms with Crippen molar-refractivity contribution in [3.63, 3.8) is 0 Å². The second kappa shape index (κ2) is 6.68. The molecule has 8 heteroatoms. The van der Waals surface area contributed by atoms with Gasteiger partial charge >= 0.3 is 7.12 Å². The van der Waals surface area contributed by atoms with Gasteiger partial charge in [-0.05, 0) is 46.6 Å². The number of nitrogens with zero attached hydrogens (tertiary/aromatic N) is 1. The first kappa shape index (κ1) is 21.1. The average molecular weight is 413 g/mol. The molecular formula is C21H28BF4NO2. The lowest BCUT2D eigenvalue weighted by Crippen LogP contribution is -2.41. The SMILES string of the molecule is CC1(C)OB(c2ccc(C3CC(F)(F)C3)nc2C2CCC(F)(F)CC2)OC1(C)C. The van der Waals surface area contributed by atoms with E-state index < -0.39 is 30.2 Å². The van der Waals surface area contributed by atoms with Gasteiger partial charge in [0.05, 0.1) is 11.2 Å². The van der Waals surface area contributed by atoms with Crippen LogP contribution in [0.2, 0.25) is 0 Å². The van der Waals surface area contributed by atoms with Crippen LogP contribution >= 0.6 is 0 Å². The van der Waals surface area contributed by atoms with Gasteiger partial charge in [-0.15, -0.1) is 0 Å². The third-order valence-corrected chi connectivity index (χ3v) is 7.10. The third kappa shape index (κ3) is 3.94. The summed E-state index contributed by atoms with van der Waals surface area (Å²) < 4.78 is 66.5. The van der Waals surface area contributed by atoms with E-state index in [1.54, 1.807) is 6.07 Å². The molecule has 2 heterocycles. The molecule has 0 N–H and O–H groups in total. The first-order valence-electron chi connectivity index (χ1n) is 10.4. The topological polar surface area (TPSA) is 31.4 Å². The van der Waals surface area contributed by atoms with Crippen LogP contribution in [0.3, 0.4) is 0 Å². The van der Waals surface area contributed by atoms with Crippen molar-refractivity contribution in [3.05, 3.63) is 23.5 Å². The van der Waals surface area contributed by atoms with Crippen molar-refractivity contribution in [3.8, 4) is 0 Å². The summed E-state index contributed by atoms with van der Waals surface area (Å²) in [6.07, 6.45) is -0.161. The fourth-order valence-electron chi connectivity index (χ4n) is 4.41. The predicted molar refractivity (Wildman–Crippen MR) is 103 cm³/mol. The Hall–Kier alpha value is -1.15. The standard InChI is InChI=1S/C21H28BF4NO2/c1-18(2)19(3,4)29-22(28-18)15-5-6-16(14-11-21(25,26)12-14)27-17(15)13-7-9-20(23,24)10-8-13/h5-6,13-14H,7-12H2,1-4H3. The molecule has 0 aromatic carbocycles. The number of hydrogen-bond donors (Lipinski definition) is 0. The molecule has 0 amide bonds. The number of halogens is 4. The second-order valence-corrected chi connectivity index (χ2v) is 9.89. The van der Waals surface area contributed by atoms with Crippen molar-refractivity contribution in [2.45, 2.75) is 101 Å². The number of aromatic nitrogens is 1. The lowest BCUT2D eigenvalue weighted by molar-refractivity contribution is -0.0877. The van der Waals surface area contributed by atoms with Crippen molar-refractivity contribution in [2.75, 3.05) is 0 Å². The van der Waals surface area contributed by atoms with Crippen molar-refractivity contribution in [2.24, 2.45) is 0 Å². The van der Waals surface area contributed by atoms with Gasteiger partial charge in [0.2, 0.25) is 11.8 Å². The van der Waals surface area contributed by atoms with Gasteiger partial charge in [-0.25, -0.2) is 17.6 Å². The molecule has 0 unspecified atom stereocenters. The highest BCUT2D eigenvalue weighted by Crippen LogP contribution is 2.48. The van der Waals surface area contributed by atoms with Crippen LogP contribution < -0.4 is 5.46 Å². The fraction of sp³-hybridized carbons (Fsp3) is 0.762. The Morgan fingerprint density at radius 3 is 1.93 bits per heavy atom. The lowest BCUT2D eigenvalue weighted by atomic mass is 9.71. The van der Waals surface area contributed by atoms with Crippen molar-refractivity contribution in [1.82, 2.24) is 4.98 Å². The Morgan fingerprint density at radius 2 is 1.41 bits per heavy atom. The van der Waals surface area contributed by atoms with Gasteiger partial charge in [0, 0.05) is 54.4 Å². The van der Waals surface area contributed by atoms with Crippen LogP contribution in [0.15, 0.2) is 12.1 Å². The minimum Gasteiger partial charge on any atom is -0.399 e. The van der Waals surface area contributed by atoms with Gasteiger partial charge in [0.1, 0.15) is 0 Å². The molecule has 3 aliphatic rings. The maximum absolute atomic E-state index is 13.7.